The Morgan fingerprint density at radius 3 is 2.68 bits per heavy atom. The van der Waals surface area contributed by atoms with E-state index in [2.05, 4.69) is 0 Å². The molecule has 0 atom stereocenters. The summed E-state index contributed by atoms with van der Waals surface area (Å²) in [4.78, 5) is 11.6. The van der Waals surface area contributed by atoms with Crippen LogP contribution in [0.15, 0.2) is 24.3 Å². The Hall–Kier alpha value is -1.76. The van der Waals surface area contributed by atoms with Crippen molar-refractivity contribution < 1.29 is 18.0 Å². The van der Waals surface area contributed by atoms with Crippen molar-refractivity contribution in [1.82, 2.24) is 5.01 Å². The van der Waals surface area contributed by atoms with Gasteiger partial charge in [0.25, 0.3) is 0 Å². The Labute approximate surface area is 108 Å². The molecule has 2 rings (SSSR count). The van der Waals surface area contributed by atoms with Crippen molar-refractivity contribution >= 4 is 11.6 Å². The Bertz CT molecular complexity index is 476. The molecule has 0 aromatic heterocycles. The molecule has 0 aliphatic carbocycles. The smallest absolute Gasteiger partial charge is 0.329 e. The number of anilines is 1. The zero-order valence-corrected chi connectivity index (χ0v) is 10.2. The summed E-state index contributed by atoms with van der Waals surface area (Å²) < 4.78 is 38.0. The van der Waals surface area contributed by atoms with Crippen molar-refractivity contribution in [1.29, 1.82) is 0 Å². The standard InChI is InChI=1S/C12H14F3N3O/c13-12(14,15)9-2-1-3-10(8-9)17-6-4-11(19)18(17)7-5-16/h1-3,8H,4-7,16H2. The zero-order chi connectivity index (χ0) is 14.0. The van der Waals surface area contributed by atoms with Gasteiger partial charge in [0.15, 0.2) is 0 Å². The van der Waals surface area contributed by atoms with E-state index in [1.807, 2.05) is 0 Å². The molecule has 1 aliphatic rings. The molecule has 1 amide bonds. The number of halogens is 3. The maximum atomic E-state index is 12.7. The van der Waals surface area contributed by atoms with Crippen LogP contribution in [0.5, 0.6) is 0 Å². The first-order valence-corrected chi connectivity index (χ1v) is 5.88. The van der Waals surface area contributed by atoms with Gasteiger partial charge in [-0.05, 0) is 18.2 Å². The van der Waals surface area contributed by atoms with E-state index in [1.54, 1.807) is 11.1 Å². The van der Waals surface area contributed by atoms with Crippen molar-refractivity contribution in [2.24, 2.45) is 5.73 Å². The van der Waals surface area contributed by atoms with E-state index < -0.39 is 11.7 Å². The van der Waals surface area contributed by atoms with E-state index in [1.165, 1.54) is 11.1 Å². The molecule has 1 aliphatic heterocycles. The Morgan fingerprint density at radius 2 is 2.05 bits per heavy atom. The lowest BCUT2D eigenvalue weighted by Gasteiger charge is -2.29. The first-order valence-electron chi connectivity index (χ1n) is 5.88. The van der Waals surface area contributed by atoms with Crippen LogP contribution in [0, 0.1) is 0 Å². The number of amides is 1. The van der Waals surface area contributed by atoms with Gasteiger partial charge in [0.1, 0.15) is 0 Å². The third-order valence-electron chi connectivity index (χ3n) is 2.93. The monoisotopic (exact) mass is 273 g/mol. The number of benzene rings is 1. The van der Waals surface area contributed by atoms with Gasteiger partial charge in [-0.3, -0.25) is 14.8 Å². The maximum Gasteiger partial charge on any atom is 0.416 e. The summed E-state index contributed by atoms with van der Waals surface area (Å²) in [5, 5.41) is 2.94. The van der Waals surface area contributed by atoms with Crippen molar-refractivity contribution in [2.75, 3.05) is 24.6 Å². The number of alkyl halides is 3. The third-order valence-corrected chi connectivity index (χ3v) is 2.93. The largest absolute Gasteiger partial charge is 0.416 e. The first-order chi connectivity index (χ1) is 8.93. The second-order valence-electron chi connectivity index (χ2n) is 4.23. The van der Waals surface area contributed by atoms with Gasteiger partial charge in [-0.15, -0.1) is 0 Å². The number of nitrogens with two attached hydrogens (primary N) is 1. The molecule has 0 unspecified atom stereocenters. The quantitative estimate of drug-likeness (QED) is 0.910. The molecule has 1 saturated heterocycles. The molecule has 104 valence electrons. The fourth-order valence-corrected chi connectivity index (χ4v) is 2.06. The van der Waals surface area contributed by atoms with Crippen LogP contribution in [0.1, 0.15) is 12.0 Å². The van der Waals surface area contributed by atoms with Gasteiger partial charge in [0.05, 0.1) is 17.8 Å². The summed E-state index contributed by atoms with van der Waals surface area (Å²) in [6, 6.07) is 4.94. The van der Waals surface area contributed by atoms with Crippen LogP contribution in [0.4, 0.5) is 18.9 Å². The molecule has 4 nitrogen and oxygen atoms in total. The van der Waals surface area contributed by atoms with Crippen molar-refractivity contribution in [3.63, 3.8) is 0 Å². The highest BCUT2D eigenvalue weighted by Gasteiger charge is 2.33. The van der Waals surface area contributed by atoms with Crippen molar-refractivity contribution in [3.8, 4) is 0 Å². The summed E-state index contributed by atoms with van der Waals surface area (Å²) in [6.45, 7) is 0.941. The fraction of sp³-hybridized carbons (Fsp3) is 0.417. The fourth-order valence-electron chi connectivity index (χ4n) is 2.06. The molecule has 0 radical (unpaired) electrons. The summed E-state index contributed by atoms with van der Waals surface area (Å²) in [5.41, 5.74) is 5.04. The highest BCUT2D eigenvalue weighted by atomic mass is 19.4. The van der Waals surface area contributed by atoms with Crippen molar-refractivity contribution in [2.45, 2.75) is 12.6 Å². The normalized spacial score (nSPS) is 16.3. The Kier molecular flexibility index (Phi) is 3.66. The number of rotatable bonds is 3. The minimum Gasteiger partial charge on any atom is -0.329 e. The van der Waals surface area contributed by atoms with Gasteiger partial charge < -0.3 is 5.73 Å². The summed E-state index contributed by atoms with van der Waals surface area (Å²) >= 11 is 0. The van der Waals surface area contributed by atoms with E-state index >= 15 is 0 Å². The lowest BCUT2D eigenvalue weighted by Crippen LogP contribution is -2.42. The van der Waals surface area contributed by atoms with Crippen LogP contribution in [0.25, 0.3) is 0 Å². The second kappa shape index (κ2) is 5.08. The molecule has 19 heavy (non-hydrogen) atoms. The average molecular weight is 273 g/mol. The predicted molar refractivity (Wildman–Crippen MR) is 64.2 cm³/mol. The highest BCUT2D eigenvalue weighted by molar-refractivity contribution is 5.81. The lowest BCUT2D eigenvalue weighted by atomic mass is 10.2. The highest BCUT2D eigenvalue weighted by Crippen LogP contribution is 2.32. The molecule has 1 aromatic rings. The summed E-state index contributed by atoms with van der Waals surface area (Å²) in [5.74, 6) is -0.122. The van der Waals surface area contributed by atoms with Gasteiger partial charge in [0.2, 0.25) is 5.91 Å². The average Bonchev–Trinajstić information content (AvgIpc) is 2.71. The number of hydrazine groups is 1. The van der Waals surface area contributed by atoms with Crippen LogP contribution in [-0.2, 0) is 11.0 Å². The Morgan fingerprint density at radius 1 is 1.32 bits per heavy atom. The minimum absolute atomic E-state index is 0.122. The summed E-state index contributed by atoms with van der Waals surface area (Å²) in [6.07, 6.45) is -4.10. The molecular formula is C12H14F3N3O. The van der Waals surface area contributed by atoms with Crippen LogP contribution in [0.3, 0.4) is 0 Å². The molecule has 1 fully saturated rings. The van der Waals surface area contributed by atoms with E-state index in [-0.39, 0.29) is 18.9 Å². The molecule has 1 heterocycles. The topological polar surface area (TPSA) is 49.6 Å². The van der Waals surface area contributed by atoms with Crippen LogP contribution in [0.2, 0.25) is 0 Å². The third kappa shape index (κ3) is 2.81. The Balaban J connectivity index is 2.29. The molecule has 0 bridgehead atoms. The molecule has 0 spiro atoms. The lowest BCUT2D eigenvalue weighted by molar-refractivity contribution is -0.137. The van der Waals surface area contributed by atoms with E-state index in [0.717, 1.165) is 12.1 Å². The van der Waals surface area contributed by atoms with Gasteiger partial charge in [-0.1, -0.05) is 6.07 Å². The van der Waals surface area contributed by atoms with Gasteiger partial charge in [0, 0.05) is 19.5 Å². The maximum absolute atomic E-state index is 12.7. The number of carbonyl (C=O) groups excluding carboxylic acids is 1. The van der Waals surface area contributed by atoms with E-state index in [4.69, 9.17) is 5.73 Å². The number of carbonyl (C=O) groups is 1. The van der Waals surface area contributed by atoms with E-state index in [0.29, 0.717) is 18.8 Å². The SMILES string of the molecule is NCCN1C(=O)CCN1c1cccc(C(F)(F)F)c1. The number of hydrogen-bond donors (Lipinski definition) is 1. The molecule has 0 saturated carbocycles. The minimum atomic E-state index is -4.39. The number of nitrogens with zero attached hydrogens (tertiary/aromatic N) is 2. The van der Waals surface area contributed by atoms with Crippen LogP contribution in [-0.4, -0.2) is 30.6 Å². The van der Waals surface area contributed by atoms with Gasteiger partial charge in [-0.25, -0.2) is 0 Å². The van der Waals surface area contributed by atoms with E-state index in [9.17, 15) is 18.0 Å². The molecule has 7 heteroatoms. The number of hydrogen-bond acceptors (Lipinski definition) is 3. The van der Waals surface area contributed by atoms with Crippen molar-refractivity contribution in [3.05, 3.63) is 29.8 Å². The molecule has 1 aromatic carbocycles. The molecular weight excluding hydrogens is 259 g/mol. The first kappa shape index (κ1) is 13.7. The van der Waals surface area contributed by atoms with Gasteiger partial charge >= 0.3 is 6.18 Å². The zero-order valence-electron chi connectivity index (χ0n) is 10.2. The van der Waals surface area contributed by atoms with Crippen LogP contribution >= 0.6 is 0 Å². The van der Waals surface area contributed by atoms with Crippen LogP contribution < -0.4 is 10.7 Å². The molecule has 2 N–H and O–H groups in total. The van der Waals surface area contributed by atoms with Gasteiger partial charge in [-0.2, -0.15) is 13.2 Å². The second-order valence-corrected chi connectivity index (χ2v) is 4.23. The predicted octanol–water partition coefficient (Wildman–Crippen LogP) is 1.62. The summed E-state index contributed by atoms with van der Waals surface area (Å²) in [7, 11) is 0.